The van der Waals surface area contributed by atoms with Crippen molar-refractivity contribution in [1.29, 1.82) is 0 Å². The number of fused-ring (bicyclic) bond motifs is 3. The number of nitrogens with one attached hydrogen (secondary N) is 2. The van der Waals surface area contributed by atoms with E-state index in [0.29, 0.717) is 13.0 Å². The number of carbonyl (C=O) groups excluding carboxylic acids is 2. The maximum atomic E-state index is 12.7. The normalized spacial score (nSPS) is 16.8. The summed E-state index contributed by atoms with van der Waals surface area (Å²) in [4.78, 5) is 28.4. The monoisotopic (exact) mass is 571 g/mol. The van der Waals surface area contributed by atoms with Crippen LogP contribution in [-0.4, -0.2) is 55.4 Å². The Morgan fingerprint density at radius 2 is 1.86 bits per heavy atom. The lowest BCUT2D eigenvalue weighted by Crippen LogP contribution is -2.49. The number of para-hydroxylation sites is 1. The number of carbonyl (C=O) groups is 2. The Bertz CT molecular complexity index is 1200. The number of H-pyrrole nitrogens is 1. The molecule has 0 radical (unpaired) electrons. The fourth-order valence-electron chi connectivity index (χ4n) is 4.13. The van der Waals surface area contributed by atoms with Crippen LogP contribution >= 0.6 is 46.6 Å². The van der Waals surface area contributed by atoms with Crippen LogP contribution in [0.25, 0.3) is 10.9 Å². The van der Waals surface area contributed by atoms with Gasteiger partial charge in [-0.25, -0.2) is 9.59 Å². The van der Waals surface area contributed by atoms with E-state index in [0.717, 1.165) is 44.5 Å². The van der Waals surface area contributed by atoms with Gasteiger partial charge in [0.05, 0.1) is 12.1 Å². The van der Waals surface area contributed by atoms with Gasteiger partial charge in [0.15, 0.2) is 0 Å². The van der Waals surface area contributed by atoms with Crippen molar-refractivity contribution >= 4 is 68.9 Å². The van der Waals surface area contributed by atoms with Crippen molar-refractivity contribution in [3.8, 4) is 0 Å². The number of alkyl carbamates (subject to hydrolysis) is 1. The number of aromatic amines is 1. The number of ether oxygens (including phenoxy) is 2. The summed E-state index contributed by atoms with van der Waals surface area (Å²) in [6.45, 7) is 0.00450. The second-order valence-corrected chi connectivity index (χ2v) is 11.7. The van der Waals surface area contributed by atoms with Crippen molar-refractivity contribution in [3.05, 3.63) is 71.4 Å². The highest BCUT2D eigenvalue weighted by molar-refractivity contribution is 8.13. The molecule has 0 unspecified atom stereocenters. The van der Waals surface area contributed by atoms with Crippen LogP contribution in [0.3, 0.4) is 0 Å². The molecule has 2 atom stereocenters. The maximum Gasteiger partial charge on any atom is 0.407 e. The topological polar surface area (TPSA) is 104 Å². The molecule has 36 heavy (non-hydrogen) atoms. The predicted molar refractivity (Wildman–Crippen MR) is 141 cm³/mol. The number of thioether (sulfide) groups is 1. The molecule has 0 bridgehead atoms. The molecule has 0 spiro atoms. The number of hydrogen-bond donors (Lipinski definition) is 3. The lowest BCUT2D eigenvalue weighted by molar-refractivity contribution is -0.140. The zero-order chi connectivity index (χ0) is 25.7. The van der Waals surface area contributed by atoms with Gasteiger partial charge >= 0.3 is 11.4 Å². The summed E-state index contributed by atoms with van der Waals surface area (Å²) in [5.41, 5.74) is 3.55. The number of aromatic nitrogens is 1. The summed E-state index contributed by atoms with van der Waals surface area (Å²) in [6, 6.07) is 15.7. The van der Waals surface area contributed by atoms with E-state index in [1.54, 1.807) is 0 Å². The largest absolute Gasteiger partial charge is 0.453 e. The fourth-order valence-corrected chi connectivity index (χ4v) is 5.02. The first-order valence-corrected chi connectivity index (χ1v) is 13.2. The first kappa shape index (κ1) is 26.9. The van der Waals surface area contributed by atoms with Crippen molar-refractivity contribution in [2.45, 2.75) is 28.9 Å². The number of benzene rings is 2. The average Bonchev–Trinajstić information content (AvgIpc) is 3.23. The van der Waals surface area contributed by atoms with Gasteiger partial charge in [-0.1, -0.05) is 83.3 Å². The lowest BCUT2D eigenvalue weighted by atomic mass is 9.95. The summed E-state index contributed by atoms with van der Waals surface area (Å²) in [5.74, 6) is 0.0651. The predicted octanol–water partition coefficient (Wildman–Crippen LogP) is 5.99. The molecular weight excluding hydrogens is 549 g/mol. The summed E-state index contributed by atoms with van der Waals surface area (Å²) >= 11 is 17.8. The van der Waals surface area contributed by atoms with E-state index in [-0.39, 0.29) is 12.4 Å². The molecule has 0 saturated heterocycles. The molecule has 0 saturated carbocycles. The van der Waals surface area contributed by atoms with E-state index in [2.05, 4.69) is 10.3 Å². The van der Waals surface area contributed by atoms with Crippen molar-refractivity contribution in [2.75, 3.05) is 18.9 Å². The fraction of sp³-hybridized carbons (Fsp3) is 0.333. The minimum atomic E-state index is -1.74. The van der Waals surface area contributed by atoms with Crippen LogP contribution in [0.5, 0.6) is 0 Å². The van der Waals surface area contributed by atoms with Gasteiger partial charge in [0.2, 0.25) is 3.79 Å². The highest BCUT2D eigenvalue weighted by atomic mass is 35.6. The lowest BCUT2D eigenvalue weighted by Gasteiger charge is -2.36. The van der Waals surface area contributed by atoms with Crippen LogP contribution in [-0.2, 0) is 22.5 Å². The zero-order valence-electron chi connectivity index (χ0n) is 19.0. The second-order valence-electron chi connectivity index (χ2n) is 8.20. The Morgan fingerprint density at radius 3 is 2.61 bits per heavy atom. The van der Waals surface area contributed by atoms with Crippen molar-refractivity contribution in [1.82, 2.24) is 15.4 Å². The van der Waals surface area contributed by atoms with Crippen molar-refractivity contribution in [3.63, 3.8) is 0 Å². The molecule has 1 amide bonds. The number of alkyl halides is 3. The van der Waals surface area contributed by atoms with Gasteiger partial charge in [0.25, 0.3) is 0 Å². The van der Waals surface area contributed by atoms with E-state index in [4.69, 9.17) is 44.3 Å². The standard InChI is InChI=1S/C24H24Cl3N3O5S/c25-24(26,27)14-35-23(32)36-13-19(29-22(31)34-12-15-6-2-1-3-7-15)21-20-17(10-11-30(21)33)16-8-4-5-9-18(16)28-20/h1-9,19,21,28,33H,10-14H2,(H,29,31)/t19-,21+/m0/s1. The van der Waals surface area contributed by atoms with Crippen LogP contribution in [0, 0.1) is 0 Å². The molecular formula is C24H24Cl3N3O5S. The van der Waals surface area contributed by atoms with Gasteiger partial charge in [-0.15, -0.1) is 0 Å². The molecule has 1 aliphatic heterocycles. The Balaban J connectivity index is 1.53. The molecule has 8 nitrogen and oxygen atoms in total. The first-order valence-electron chi connectivity index (χ1n) is 11.1. The highest BCUT2D eigenvalue weighted by Crippen LogP contribution is 2.36. The number of hydroxylamine groups is 2. The number of hydrogen-bond acceptors (Lipinski definition) is 7. The molecule has 2 heterocycles. The van der Waals surface area contributed by atoms with Gasteiger partial charge in [-0.2, -0.15) is 5.06 Å². The quantitative estimate of drug-likeness (QED) is 0.236. The van der Waals surface area contributed by atoms with Crippen molar-refractivity contribution in [2.24, 2.45) is 0 Å². The Morgan fingerprint density at radius 1 is 1.14 bits per heavy atom. The van der Waals surface area contributed by atoms with E-state index in [1.165, 1.54) is 0 Å². The molecule has 3 aromatic rings. The van der Waals surface area contributed by atoms with Crippen LogP contribution in [0.15, 0.2) is 54.6 Å². The summed E-state index contributed by atoms with van der Waals surface area (Å²) in [5, 5.41) is 15.2. The van der Waals surface area contributed by atoms with E-state index < -0.39 is 33.9 Å². The summed E-state index contributed by atoms with van der Waals surface area (Å²) in [6.07, 6.45) is -0.0635. The molecule has 4 rings (SSSR count). The number of amides is 1. The van der Waals surface area contributed by atoms with Gasteiger partial charge in [0.1, 0.15) is 13.2 Å². The van der Waals surface area contributed by atoms with E-state index in [1.807, 2.05) is 54.6 Å². The SMILES string of the molecule is O=C(N[C@@H](CSC(=O)OCC(Cl)(Cl)Cl)[C@@H]1c2[nH]c3ccccc3c2CCN1O)OCc1ccccc1. The smallest absolute Gasteiger partial charge is 0.407 e. The number of nitrogens with zero attached hydrogens (tertiary/aromatic N) is 1. The van der Waals surface area contributed by atoms with Gasteiger partial charge < -0.3 is 25.0 Å². The first-order chi connectivity index (χ1) is 17.2. The Labute approximate surface area is 227 Å². The van der Waals surface area contributed by atoms with E-state index in [9.17, 15) is 14.8 Å². The van der Waals surface area contributed by atoms with Crippen LogP contribution < -0.4 is 5.32 Å². The van der Waals surface area contributed by atoms with Crippen LogP contribution in [0.4, 0.5) is 9.59 Å². The zero-order valence-corrected chi connectivity index (χ0v) is 22.0. The third-order valence-corrected chi connectivity index (χ3v) is 6.89. The summed E-state index contributed by atoms with van der Waals surface area (Å²) in [7, 11) is 0. The molecule has 192 valence electrons. The third kappa shape index (κ3) is 7.00. The highest BCUT2D eigenvalue weighted by Gasteiger charge is 2.37. The number of rotatable bonds is 7. The molecule has 0 fully saturated rings. The van der Waals surface area contributed by atoms with Gasteiger partial charge in [-0.05, 0) is 35.4 Å². The molecule has 0 aliphatic carbocycles. The summed E-state index contributed by atoms with van der Waals surface area (Å²) < 4.78 is 8.66. The third-order valence-electron chi connectivity index (χ3n) is 5.69. The van der Waals surface area contributed by atoms with Gasteiger partial charge in [0, 0.05) is 28.9 Å². The molecule has 1 aliphatic rings. The Hall–Kier alpha value is -2.14. The molecule has 1 aromatic heterocycles. The molecule has 3 N–H and O–H groups in total. The maximum absolute atomic E-state index is 12.7. The minimum absolute atomic E-state index is 0.0651. The van der Waals surface area contributed by atoms with Crippen LogP contribution in [0.2, 0.25) is 0 Å². The minimum Gasteiger partial charge on any atom is -0.453 e. The van der Waals surface area contributed by atoms with E-state index >= 15 is 0 Å². The molecule has 12 heteroatoms. The Kier molecular flexibility index (Phi) is 8.92. The second kappa shape index (κ2) is 11.9. The van der Waals surface area contributed by atoms with Crippen molar-refractivity contribution < 1.29 is 24.3 Å². The molecule has 2 aromatic carbocycles. The number of halogens is 3. The van der Waals surface area contributed by atoms with Crippen LogP contribution in [0.1, 0.15) is 22.9 Å². The average molecular weight is 573 g/mol. The van der Waals surface area contributed by atoms with Gasteiger partial charge in [-0.3, -0.25) is 0 Å².